The second-order valence-electron chi connectivity index (χ2n) is 5.49. The van der Waals surface area contributed by atoms with Gasteiger partial charge >= 0.3 is 0 Å². The Hall–Kier alpha value is -2.22. The molecule has 8 heteroatoms. The summed E-state index contributed by atoms with van der Waals surface area (Å²) in [5.41, 5.74) is 0.595. The highest BCUT2D eigenvalue weighted by Gasteiger charge is 2.23. The van der Waals surface area contributed by atoms with Crippen LogP contribution in [-0.2, 0) is 0 Å². The van der Waals surface area contributed by atoms with Crippen LogP contribution < -0.4 is 9.64 Å². The van der Waals surface area contributed by atoms with Crippen molar-refractivity contribution in [2.75, 3.05) is 38.2 Å². The standard InChI is InChI=1S/C16H18BrN5O2/c1-11-19-14(8-15(20-11)24-2)21-3-5-22(6-4-21)16(23)12-7-13(17)10-18-9-12/h7-10H,3-6H2,1-2H3. The number of anilines is 1. The number of pyridine rings is 1. The fourth-order valence-corrected chi connectivity index (χ4v) is 3.01. The number of carbonyl (C=O) groups excluding carboxylic acids is 1. The Morgan fingerprint density at radius 3 is 2.58 bits per heavy atom. The first-order chi connectivity index (χ1) is 11.6. The van der Waals surface area contributed by atoms with E-state index in [9.17, 15) is 4.79 Å². The van der Waals surface area contributed by atoms with E-state index in [-0.39, 0.29) is 5.91 Å². The minimum atomic E-state index is -0.0000939. The van der Waals surface area contributed by atoms with E-state index in [0.29, 0.717) is 43.4 Å². The van der Waals surface area contributed by atoms with Crippen molar-refractivity contribution < 1.29 is 9.53 Å². The molecule has 2 aromatic heterocycles. The predicted molar refractivity (Wildman–Crippen MR) is 93.4 cm³/mol. The van der Waals surface area contributed by atoms with E-state index in [1.54, 1.807) is 25.6 Å². The quantitative estimate of drug-likeness (QED) is 0.795. The minimum absolute atomic E-state index is 0.0000939. The summed E-state index contributed by atoms with van der Waals surface area (Å²) in [5.74, 6) is 2.05. The van der Waals surface area contributed by atoms with Gasteiger partial charge < -0.3 is 14.5 Å². The van der Waals surface area contributed by atoms with Gasteiger partial charge in [-0.05, 0) is 28.9 Å². The summed E-state index contributed by atoms with van der Waals surface area (Å²) in [6, 6.07) is 3.61. The van der Waals surface area contributed by atoms with Crippen molar-refractivity contribution in [1.29, 1.82) is 0 Å². The van der Waals surface area contributed by atoms with Crippen LogP contribution in [0.25, 0.3) is 0 Å². The van der Waals surface area contributed by atoms with Gasteiger partial charge in [0.25, 0.3) is 5.91 Å². The number of amides is 1. The molecule has 3 heterocycles. The van der Waals surface area contributed by atoms with Gasteiger partial charge in [0.15, 0.2) is 0 Å². The SMILES string of the molecule is COc1cc(N2CCN(C(=O)c3cncc(Br)c3)CC2)nc(C)n1. The van der Waals surface area contributed by atoms with E-state index >= 15 is 0 Å². The lowest BCUT2D eigenvalue weighted by Gasteiger charge is -2.35. The highest BCUT2D eigenvalue weighted by Crippen LogP contribution is 2.20. The fraction of sp³-hybridized carbons (Fsp3) is 0.375. The molecule has 3 rings (SSSR count). The maximum absolute atomic E-state index is 12.6. The maximum atomic E-state index is 12.6. The zero-order valence-corrected chi connectivity index (χ0v) is 15.2. The molecule has 1 saturated heterocycles. The highest BCUT2D eigenvalue weighted by atomic mass is 79.9. The lowest BCUT2D eigenvalue weighted by atomic mass is 10.2. The maximum Gasteiger partial charge on any atom is 0.255 e. The third-order valence-corrected chi connectivity index (χ3v) is 4.29. The van der Waals surface area contributed by atoms with E-state index in [2.05, 4.69) is 35.8 Å². The Bertz CT molecular complexity index is 747. The summed E-state index contributed by atoms with van der Waals surface area (Å²) in [7, 11) is 1.59. The van der Waals surface area contributed by atoms with Crippen LogP contribution in [0.2, 0.25) is 0 Å². The molecule has 1 fully saturated rings. The van der Waals surface area contributed by atoms with Crippen molar-refractivity contribution in [2.24, 2.45) is 0 Å². The number of hydrogen-bond donors (Lipinski definition) is 0. The van der Waals surface area contributed by atoms with Gasteiger partial charge in [-0.15, -0.1) is 0 Å². The molecule has 0 bridgehead atoms. The van der Waals surface area contributed by atoms with Gasteiger partial charge in [0.2, 0.25) is 5.88 Å². The number of methoxy groups -OCH3 is 1. The third-order valence-electron chi connectivity index (χ3n) is 3.85. The topological polar surface area (TPSA) is 71.5 Å². The number of halogens is 1. The summed E-state index contributed by atoms with van der Waals surface area (Å²) >= 11 is 3.35. The first-order valence-corrected chi connectivity index (χ1v) is 8.40. The van der Waals surface area contributed by atoms with Gasteiger partial charge in [-0.1, -0.05) is 0 Å². The van der Waals surface area contributed by atoms with Gasteiger partial charge in [0.1, 0.15) is 11.6 Å². The number of aromatic nitrogens is 3. The van der Waals surface area contributed by atoms with Gasteiger partial charge in [-0.25, -0.2) is 4.98 Å². The second-order valence-corrected chi connectivity index (χ2v) is 6.40. The Labute approximate surface area is 148 Å². The average molecular weight is 392 g/mol. The van der Waals surface area contributed by atoms with E-state index in [1.807, 2.05) is 17.9 Å². The number of nitrogens with zero attached hydrogens (tertiary/aromatic N) is 5. The van der Waals surface area contributed by atoms with Crippen molar-refractivity contribution in [3.05, 3.63) is 40.4 Å². The van der Waals surface area contributed by atoms with E-state index < -0.39 is 0 Å². The van der Waals surface area contributed by atoms with Crippen LogP contribution >= 0.6 is 15.9 Å². The lowest BCUT2D eigenvalue weighted by molar-refractivity contribution is 0.0746. The second kappa shape index (κ2) is 7.12. The zero-order valence-electron chi connectivity index (χ0n) is 13.6. The van der Waals surface area contributed by atoms with Crippen molar-refractivity contribution in [1.82, 2.24) is 19.9 Å². The Balaban J connectivity index is 1.67. The molecule has 1 amide bonds. The molecule has 1 aliphatic heterocycles. The Kier molecular flexibility index (Phi) is 4.94. The number of hydrogen-bond acceptors (Lipinski definition) is 6. The highest BCUT2D eigenvalue weighted by molar-refractivity contribution is 9.10. The first-order valence-electron chi connectivity index (χ1n) is 7.61. The van der Waals surface area contributed by atoms with Crippen LogP contribution in [0.15, 0.2) is 29.0 Å². The van der Waals surface area contributed by atoms with Crippen LogP contribution in [0, 0.1) is 6.92 Å². The van der Waals surface area contributed by atoms with E-state index in [4.69, 9.17) is 4.74 Å². The van der Waals surface area contributed by atoms with Gasteiger partial charge in [-0.3, -0.25) is 9.78 Å². The van der Waals surface area contributed by atoms with Gasteiger partial charge in [0.05, 0.1) is 12.7 Å². The number of carbonyl (C=O) groups is 1. The number of ether oxygens (including phenoxy) is 1. The predicted octanol–water partition coefficient (Wildman–Crippen LogP) is 1.91. The Morgan fingerprint density at radius 2 is 1.92 bits per heavy atom. The molecule has 0 N–H and O–H groups in total. The molecule has 0 unspecified atom stereocenters. The van der Waals surface area contributed by atoms with Crippen molar-refractivity contribution in [3.63, 3.8) is 0 Å². The summed E-state index contributed by atoms with van der Waals surface area (Å²) < 4.78 is 6.00. The van der Waals surface area contributed by atoms with Gasteiger partial charge in [0, 0.05) is 49.1 Å². The lowest BCUT2D eigenvalue weighted by Crippen LogP contribution is -2.49. The molecule has 0 aromatic carbocycles. The molecule has 0 radical (unpaired) electrons. The summed E-state index contributed by atoms with van der Waals surface area (Å²) in [4.78, 5) is 29.2. The van der Waals surface area contributed by atoms with Crippen LogP contribution in [0.5, 0.6) is 5.88 Å². The molecule has 24 heavy (non-hydrogen) atoms. The van der Waals surface area contributed by atoms with E-state index in [0.717, 1.165) is 10.3 Å². The van der Waals surface area contributed by atoms with Crippen molar-refractivity contribution >= 4 is 27.7 Å². The normalized spacial score (nSPS) is 14.6. The zero-order chi connectivity index (χ0) is 17.1. The molecule has 7 nitrogen and oxygen atoms in total. The molecule has 0 saturated carbocycles. The van der Waals surface area contributed by atoms with Crippen LogP contribution in [0.1, 0.15) is 16.2 Å². The summed E-state index contributed by atoms with van der Waals surface area (Å²) in [6.07, 6.45) is 3.26. The third kappa shape index (κ3) is 3.64. The molecule has 1 aliphatic rings. The number of rotatable bonds is 3. The minimum Gasteiger partial charge on any atom is -0.481 e. The van der Waals surface area contributed by atoms with E-state index in [1.165, 1.54) is 0 Å². The van der Waals surface area contributed by atoms with Crippen LogP contribution in [0.4, 0.5) is 5.82 Å². The molecular weight excluding hydrogens is 374 g/mol. The Morgan fingerprint density at radius 1 is 1.17 bits per heavy atom. The fourth-order valence-electron chi connectivity index (χ4n) is 2.64. The molecule has 0 atom stereocenters. The molecule has 0 spiro atoms. The smallest absolute Gasteiger partial charge is 0.255 e. The first kappa shape index (κ1) is 16.6. The van der Waals surface area contributed by atoms with Crippen molar-refractivity contribution in [3.8, 4) is 5.88 Å². The van der Waals surface area contributed by atoms with Crippen LogP contribution in [-0.4, -0.2) is 59.0 Å². The number of piperazine rings is 1. The van der Waals surface area contributed by atoms with Gasteiger partial charge in [-0.2, -0.15) is 4.98 Å². The molecule has 0 aliphatic carbocycles. The average Bonchev–Trinajstić information content (AvgIpc) is 2.60. The largest absolute Gasteiger partial charge is 0.481 e. The molecule has 126 valence electrons. The summed E-state index contributed by atoms with van der Waals surface area (Å²) in [5, 5.41) is 0. The molecular formula is C16H18BrN5O2. The van der Waals surface area contributed by atoms with Crippen molar-refractivity contribution in [2.45, 2.75) is 6.92 Å². The number of aryl methyl sites for hydroxylation is 1. The van der Waals surface area contributed by atoms with Crippen LogP contribution in [0.3, 0.4) is 0 Å². The molecule has 2 aromatic rings. The monoisotopic (exact) mass is 391 g/mol. The summed E-state index contributed by atoms with van der Waals surface area (Å²) in [6.45, 7) is 4.54.